The van der Waals surface area contributed by atoms with Crippen LogP contribution in [0, 0.1) is 17.5 Å². The maximum atomic E-state index is 13.5. The lowest BCUT2D eigenvalue weighted by atomic mass is 10.0. The highest BCUT2D eigenvalue weighted by molar-refractivity contribution is 9.10. The molecule has 2 aromatic rings. The molecule has 1 amide bonds. The molecule has 0 aliphatic heterocycles. The molecule has 0 saturated heterocycles. The molecule has 0 unspecified atom stereocenters. The molecule has 24 heavy (non-hydrogen) atoms. The van der Waals surface area contributed by atoms with E-state index in [1.807, 2.05) is 31.2 Å². The van der Waals surface area contributed by atoms with Gasteiger partial charge in [-0.2, -0.15) is 0 Å². The zero-order chi connectivity index (χ0) is 17.7. The smallest absolute Gasteiger partial charge is 0.238 e. The Bertz CT molecular complexity index is 723. The van der Waals surface area contributed by atoms with Crippen molar-refractivity contribution in [1.29, 1.82) is 0 Å². The number of carbonyl (C=O) groups excluding carboxylic acids is 1. The molecule has 0 heterocycles. The summed E-state index contributed by atoms with van der Waals surface area (Å²) in [5.74, 6) is -4.87. The molecule has 0 aliphatic carbocycles. The topological polar surface area (TPSA) is 41.1 Å². The van der Waals surface area contributed by atoms with E-state index in [1.54, 1.807) is 0 Å². The first-order valence-corrected chi connectivity index (χ1v) is 8.13. The van der Waals surface area contributed by atoms with Crippen molar-refractivity contribution in [2.24, 2.45) is 0 Å². The highest BCUT2D eigenvalue weighted by Gasteiger charge is 2.16. The fourth-order valence-electron chi connectivity index (χ4n) is 2.23. The second-order valence-electron chi connectivity index (χ2n) is 5.16. The maximum absolute atomic E-state index is 13.5. The zero-order valence-electron chi connectivity index (χ0n) is 12.9. The molecule has 3 nitrogen and oxygen atoms in total. The number of hydrogen-bond acceptors (Lipinski definition) is 2. The summed E-state index contributed by atoms with van der Waals surface area (Å²) < 4.78 is 40.5. The summed E-state index contributed by atoms with van der Waals surface area (Å²) in [5.41, 5.74) is 0.616. The molecule has 0 bridgehead atoms. The van der Waals surface area contributed by atoms with Gasteiger partial charge in [0.05, 0.1) is 12.2 Å². The molecule has 2 rings (SSSR count). The average Bonchev–Trinajstić information content (AvgIpc) is 2.57. The molecule has 1 atom stereocenters. The lowest BCUT2D eigenvalue weighted by molar-refractivity contribution is -0.115. The first-order valence-electron chi connectivity index (χ1n) is 7.34. The van der Waals surface area contributed by atoms with Crippen LogP contribution in [0.15, 0.2) is 40.9 Å². The van der Waals surface area contributed by atoms with Crippen molar-refractivity contribution < 1.29 is 18.0 Å². The number of benzene rings is 2. The largest absolute Gasteiger partial charge is 0.322 e. The lowest BCUT2D eigenvalue weighted by Gasteiger charge is -2.17. The van der Waals surface area contributed by atoms with Crippen molar-refractivity contribution in [2.45, 2.75) is 19.4 Å². The predicted octanol–water partition coefficient (Wildman–Crippen LogP) is 4.55. The summed E-state index contributed by atoms with van der Waals surface area (Å²) in [4.78, 5) is 11.9. The van der Waals surface area contributed by atoms with Crippen LogP contribution >= 0.6 is 15.9 Å². The third-order valence-electron chi connectivity index (χ3n) is 3.50. The Morgan fingerprint density at radius 1 is 1.08 bits per heavy atom. The molecular formula is C17H16BrF3N2O. The van der Waals surface area contributed by atoms with Gasteiger partial charge in [-0.3, -0.25) is 4.79 Å². The van der Waals surface area contributed by atoms with Gasteiger partial charge in [-0.05, 0) is 36.2 Å². The Hall–Kier alpha value is -1.86. The SMILES string of the molecule is CC[C@@H](NCC(=O)Nc1ccc(F)c(F)c1F)c1ccc(Br)cc1. The Morgan fingerprint density at radius 3 is 2.38 bits per heavy atom. The van der Waals surface area contributed by atoms with Gasteiger partial charge >= 0.3 is 0 Å². The molecule has 0 aromatic heterocycles. The van der Waals surface area contributed by atoms with Crippen molar-refractivity contribution in [3.63, 3.8) is 0 Å². The highest BCUT2D eigenvalue weighted by Crippen LogP contribution is 2.21. The van der Waals surface area contributed by atoms with Crippen LogP contribution in [0.25, 0.3) is 0 Å². The molecule has 0 saturated carbocycles. The predicted molar refractivity (Wildman–Crippen MR) is 90.1 cm³/mol. The quantitative estimate of drug-likeness (QED) is 0.698. The summed E-state index contributed by atoms with van der Waals surface area (Å²) in [6.45, 7) is 1.87. The van der Waals surface area contributed by atoms with Crippen molar-refractivity contribution in [2.75, 3.05) is 11.9 Å². The molecule has 0 radical (unpaired) electrons. The zero-order valence-corrected chi connectivity index (χ0v) is 14.5. The van der Waals surface area contributed by atoms with Crippen LogP contribution in [0.2, 0.25) is 0 Å². The standard InChI is InChI=1S/C17H16BrF3N2O/c1-2-13(10-3-5-11(18)6-4-10)22-9-15(24)23-14-8-7-12(19)16(20)17(14)21/h3-8,13,22H,2,9H2,1H3,(H,23,24)/t13-/m1/s1. The van der Waals surface area contributed by atoms with E-state index in [2.05, 4.69) is 26.6 Å². The summed E-state index contributed by atoms with van der Waals surface area (Å²) in [6, 6.07) is 9.34. The summed E-state index contributed by atoms with van der Waals surface area (Å²) in [7, 11) is 0. The monoisotopic (exact) mass is 400 g/mol. The van der Waals surface area contributed by atoms with Gasteiger partial charge in [0, 0.05) is 10.5 Å². The van der Waals surface area contributed by atoms with E-state index >= 15 is 0 Å². The molecule has 0 fully saturated rings. The van der Waals surface area contributed by atoms with Gasteiger partial charge in [0.2, 0.25) is 5.91 Å². The lowest BCUT2D eigenvalue weighted by Crippen LogP contribution is -2.31. The van der Waals surface area contributed by atoms with Crippen LogP contribution in [-0.2, 0) is 4.79 Å². The van der Waals surface area contributed by atoms with Crippen LogP contribution in [0.5, 0.6) is 0 Å². The molecule has 128 valence electrons. The van der Waals surface area contributed by atoms with Crippen molar-refractivity contribution in [3.05, 3.63) is 63.9 Å². The summed E-state index contributed by atoms with van der Waals surface area (Å²) in [6.07, 6.45) is 0.744. The van der Waals surface area contributed by atoms with Crippen LogP contribution in [0.1, 0.15) is 24.9 Å². The van der Waals surface area contributed by atoms with E-state index in [4.69, 9.17) is 0 Å². The van der Waals surface area contributed by atoms with Gasteiger partial charge in [-0.1, -0.05) is 35.0 Å². The van der Waals surface area contributed by atoms with Gasteiger partial charge < -0.3 is 10.6 Å². The van der Waals surface area contributed by atoms with Crippen LogP contribution in [-0.4, -0.2) is 12.5 Å². The Labute approximate surface area is 146 Å². The molecule has 7 heteroatoms. The third-order valence-corrected chi connectivity index (χ3v) is 4.03. The Kier molecular flexibility index (Phi) is 6.39. The Balaban J connectivity index is 1.97. The fourth-order valence-corrected chi connectivity index (χ4v) is 2.49. The molecule has 0 spiro atoms. The molecule has 2 aromatic carbocycles. The normalized spacial score (nSPS) is 12.0. The highest BCUT2D eigenvalue weighted by atomic mass is 79.9. The molecular weight excluding hydrogens is 385 g/mol. The van der Waals surface area contributed by atoms with Crippen molar-refractivity contribution in [3.8, 4) is 0 Å². The number of amides is 1. The van der Waals surface area contributed by atoms with Crippen LogP contribution in [0.3, 0.4) is 0 Å². The molecule has 2 N–H and O–H groups in total. The minimum absolute atomic E-state index is 0.0568. The number of rotatable bonds is 6. The van der Waals surface area contributed by atoms with Gasteiger partial charge in [0.1, 0.15) is 0 Å². The van der Waals surface area contributed by atoms with E-state index in [0.29, 0.717) is 0 Å². The third kappa shape index (κ3) is 4.58. The van der Waals surface area contributed by atoms with E-state index in [1.165, 1.54) is 0 Å². The second kappa shape index (κ2) is 8.30. The number of halogens is 4. The second-order valence-corrected chi connectivity index (χ2v) is 6.08. The van der Waals surface area contributed by atoms with E-state index in [-0.39, 0.29) is 12.6 Å². The minimum Gasteiger partial charge on any atom is -0.322 e. The van der Waals surface area contributed by atoms with Gasteiger partial charge in [-0.25, -0.2) is 13.2 Å². The fraction of sp³-hybridized carbons (Fsp3) is 0.235. The first-order chi connectivity index (χ1) is 11.4. The van der Waals surface area contributed by atoms with Crippen molar-refractivity contribution >= 4 is 27.5 Å². The number of anilines is 1. The van der Waals surface area contributed by atoms with Crippen molar-refractivity contribution in [1.82, 2.24) is 5.32 Å². The number of nitrogens with one attached hydrogen (secondary N) is 2. The maximum Gasteiger partial charge on any atom is 0.238 e. The van der Waals surface area contributed by atoms with E-state index < -0.39 is 29.0 Å². The van der Waals surface area contributed by atoms with Crippen LogP contribution < -0.4 is 10.6 Å². The summed E-state index contributed by atoms with van der Waals surface area (Å²) >= 11 is 3.36. The van der Waals surface area contributed by atoms with Gasteiger partial charge in [0.25, 0.3) is 0 Å². The first kappa shape index (κ1) is 18.5. The number of carbonyl (C=O) groups is 1. The van der Waals surface area contributed by atoms with Gasteiger partial charge in [-0.15, -0.1) is 0 Å². The average molecular weight is 401 g/mol. The number of hydrogen-bond donors (Lipinski definition) is 2. The van der Waals surface area contributed by atoms with Crippen LogP contribution in [0.4, 0.5) is 18.9 Å². The molecule has 0 aliphatic rings. The minimum atomic E-state index is -1.61. The van der Waals surface area contributed by atoms with Gasteiger partial charge in [0.15, 0.2) is 17.5 Å². The Morgan fingerprint density at radius 2 is 1.75 bits per heavy atom. The van der Waals surface area contributed by atoms with E-state index in [0.717, 1.165) is 28.6 Å². The summed E-state index contributed by atoms with van der Waals surface area (Å²) in [5, 5.41) is 5.28. The van der Waals surface area contributed by atoms with E-state index in [9.17, 15) is 18.0 Å².